The third-order valence-electron chi connectivity index (χ3n) is 12.3. The van der Waals surface area contributed by atoms with Gasteiger partial charge in [-0.2, -0.15) is 0 Å². The smallest absolute Gasteiger partial charge is 0.334 e. The lowest BCUT2D eigenvalue weighted by Gasteiger charge is -2.47. The molecule has 2 aliphatic heterocycles. The third-order valence-corrected chi connectivity index (χ3v) is 26.3. The average molecular weight is 751 g/mol. The highest BCUT2D eigenvalue weighted by atomic mass is 28.4. The van der Waals surface area contributed by atoms with Gasteiger partial charge in [-0.05, 0) is 99.0 Å². The second kappa shape index (κ2) is 23.1. The maximum absolute atomic E-state index is 13.5. The molecular weight excluding hydrogens is 673 g/mol. The van der Waals surface area contributed by atoms with Gasteiger partial charge in [-0.15, -0.1) is 0 Å². The molecule has 2 rings (SSSR count). The van der Waals surface area contributed by atoms with Crippen molar-refractivity contribution in [1.29, 1.82) is 0 Å². The van der Waals surface area contributed by atoms with E-state index in [4.69, 9.17) is 22.8 Å². The van der Waals surface area contributed by atoms with E-state index < -0.39 is 36.8 Å². The van der Waals surface area contributed by atoms with Crippen LogP contribution in [0.3, 0.4) is 0 Å². The van der Waals surface area contributed by atoms with Gasteiger partial charge in [0.2, 0.25) is 0 Å². The van der Waals surface area contributed by atoms with Crippen molar-refractivity contribution in [2.75, 3.05) is 0 Å². The summed E-state index contributed by atoms with van der Waals surface area (Å²) in [5.74, 6) is -0.719. The number of carbonyl (C=O) groups excluding carboxylic acids is 1. The maximum atomic E-state index is 13.5. The number of hydrogen-bond acceptors (Lipinski definition) is 6. The Kier molecular flexibility index (Phi) is 20.9. The maximum Gasteiger partial charge on any atom is 0.334 e. The van der Waals surface area contributed by atoms with Gasteiger partial charge in [0, 0.05) is 12.8 Å². The van der Waals surface area contributed by atoms with E-state index >= 15 is 0 Å². The van der Waals surface area contributed by atoms with Gasteiger partial charge in [-0.1, -0.05) is 112 Å². The first-order valence-electron chi connectivity index (χ1n) is 21.0. The lowest BCUT2D eigenvalue weighted by molar-refractivity contribution is -0.156. The zero-order chi connectivity index (χ0) is 37.1. The normalized spacial score (nSPS) is 23.9. The summed E-state index contributed by atoms with van der Waals surface area (Å²) >= 11 is 0. The molecule has 1 saturated heterocycles. The Labute approximate surface area is 311 Å². The summed E-state index contributed by atoms with van der Waals surface area (Å²) in [5.41, 5.74) is 0. The van der Waals surface area contributed by atoms with Gasteiger partial charge in [0.25, 0.3) is 0 Å². The molecule has 0 bridgehead atoms. The second-order valence-corrected chi connectivity index (χ2v) is 29.0. The number of rotatable bonds is 23. The standard InChI is InChI=1S/C41H78O6Si3/c1-11-41(46-49(15-5,16-6)17-7,47-50(18-8,19-9)20-10)35-39-37(44-39)33-29-26-25-28-32-36-31-27-23-21-22-24-30-34-38(40(42)43-36)45-48(12-2,13-3)14-4/h23,25-28,32,36-39H,11-22,24,29-31,33-35H2,1-10H3/b26-25+,27-23+,32-28+. The van der Waals surface area contributed by atoms with Gasteiger partial charge < -0.3 is 22.8 Å². The number of cyclic esters (lactones) is 1. The molecule has 0 aromatic rings. The monoisotopic (exact) mass is 751 g/mol. The quantitative estimate of drug-likeness (QED) is 0.0259. The molecule has 50 heavy (non-hydrogen) atoms. The van der Waals surface area contributed by atoms with E-state index in [-0.39, 0.29) is 24.3 Å². The molecule has 4 unspecified atom stereocenters. The summed E-state index contributed by atoms with van der Waals surface area (Å²) in [6.45, 7) is 22.8. The molecule has 290 valence electrons. The molecule has 6 nitrogen and oxygen atoms in total. The molecule has 4 atom stereocenters. The molecule has 0 amide bonds. The molecule has 0 radical (unpaired) electrons. The van der Waals surface area contributed by atoms with E-state index in [1.54, 1.807) is 0 Å². The van der Waals surface area contributed by atoms with Crippen LogP contribution in [0.4, 0.5) is 0 Å². The number of epoxide rings is 1. The van der Waals surface area contributed by atoms with Crippen molar-refractivity contribution in [3.8, 4) is 0 Å². The number of allylic oxidation sites excluding steroid dienone is 4. The first-order valence-corrected chi connectivity index (χ1v) is 28.6. The van der Waals surface area contributed by atoms with Crippen LogP contribution >= 0.6 is 0 Å². The van der Waals surface area contributed by atoms with Gasteiger partial charge in [-0.25, -0.2) is 4.79 Å². The largest absolute Gasteiger partial charge is 0.456 e. The zero-order valence-corrected chi connectivity index (χ0v) is 37.2. The third kappa shape index (κ3) is 13.9. The fourth-order valence-electron chi connectivity index (χ4n) is 7.69. The van der Waals surface area contributed by atoms with Crippen LogP contribution in [0, 0.1) is 0 Å². The van der Waals surface area contributed by atoms with Crippen molar-refractivity contribution in [3.05, 3.63) is 36.5 Å². The van der Waals surface area contributed by atoms with Gasteiger partial charge in [0.1, 0.15) is 12.2 Å². The van der Waals surface area contributed by atoms with Crippen molar-refractivity contribution in [2.24, 2.45) is 0 Å². The van der Waals surface area contributed by atoms with E-state index in [0.29, 0.717) is 6.42 Å². The Morgan fingerprint density at radius 2 is 1.32 bits per heavy atom. The van der Waals surface area contributed by atoms with Crippen LogP contribution < -0.4 is 0 Å². The topological polar surface area (TPSA) is 66.5 Å². The highest BCUT2D eigenvalue weighted by molar-refractivity contribution is 6.75. The molecule has 9 heteroatoms. The molecule has 0 aliphatic carbocycles. The molecule has 1 fully saturated rings. The molecule has 0 N–H and O–H groups in total. The lowest BCUT2D eigenvalue weighted by Crippen LogP contribution is -2.55. The van der Waals surface area contributed by atoms with Crippen LogP contribution in [0.25, 0.3) is 0 Å². The first kappa shape index (κ1) is 45.3. The Morgan fingerprint density at radius 1 is 0.740 bits per heavy atom. The molecular formula is C41H78O6Si3. The van der Waals surface area contributed by atoms with Gasteiger partial charge in [0.15, 0.2) is 30.7 Å². The van der Waals surface area contributed by atoms with Crippen LogP contribution in [0.5, 0.6) is 0 Å². The summed E-state index contributed by atoms with van der Waals surface area (Å²) in [6, 6.07) is 9.86. The second-order valence-electron chi connectivity index (χ2n) is 14.9. The first-order chi connectivity index (χ1) is 24.1. The predicted molar refractivity (Wildman–Crippen MR) is 219 cm³/mol. The Hall–Kier alpha value is -0.819. The summed E-state index contributed by atoms with van der Waals surface area (Å²) in [6.07, 6.45) is 22.0. The number of esters is 1. The van der Waals surface area contributed by atoms with Crippen LogP contribution in [0.2, 0.25) is 54.4 Å². The summed E-state index contributed by atoms with van der Waals surface area (Å²) in [5, 5.41) is 0. The Bertz CT molecular complexity index is 987. The Morgan fingerprint density at radius 3 is 1.86 bits per heavy atom. The van der Waals surface area contributed by atoms with Crippen LogP contribution in [0.1, 0.15) is 133 Å². The summed E-state index contributed by atoms with van der Waals surface area (Å²) in [4.78, 5) is 13.5. The molecule has 0 saturated carbocycles. The fourth-order valence-corrected chi connectivity index (χ4v) is 16.6. The van der Waals surface area contributed by atoms with Crippen molar-refractivity contribution in [2.45, 2.75) is 218 Å². The SMILES string of the molecule is CCC(CC1OC1CC/C=C/C=C/C1C/C=C/CCCCCC(O[Si](CC)(CC)CC)C(=O)O1)(O[Si](CC)(CC)CC)O[Si](CC)(CC)CC. The zero-order valence-electron chi connectivity index (χ0n) is 34.2. The van der Waals surface area contributed by atoms with E-state index in [9.17, 15) is 4.79 Å². The van der Waals surface area contributed by atoms with E-state index in [1.165, 1.54) is 0 Å². The van der Waals surface area contributed by atoms with E-state index in [1.807, 2.05) is 12.2 Å². The van der Waals surface area contributed by atoms with Gasteiger partial charge in [-0.3, -0.25) is 0 Å². The van der Waals surface area contributed by atoms with Gasteiger partial charge in [0.05, 0.1) is 12.2 Å². The predicted octanol–water partition coefficient (Wildman–Crippen LogP) is 12.4. The van der Waals surface area contributed by atoms with Crippen molar-refractivity contribution < 1.29 is 27.5 Å². The minimum atomic E-state index is -1.92. The van der Waals surface area contributed by atoms with E-state index in [2.05, 4.69) is 93.5 Å². The lowest BCUT2D eigenvalue weighted by atomic mass is 10.0. The van der Waals surface area contributed by atoms with Crippen molar-refractivity contribution in [3.63, 3.8) is 0 Å². The van der Waals surface area contributed by atoms with Gasteiger partial charge >= 0.3 is 5.97 Å². The molecule has 0 aromatic heterocycles. The number of ether oxygens (including phenoxy) is 2. The minimum Gasteiger partial charge on any atom is -0.456 e. The highest BCUT2D eigenvalue weighted by Crippen LogP contribution is 2.43. The molecule has 0 aromatic carbocycles. The highest BCUT2D eigenvalue weighted by Gasteiger charge is 2.51. The molecule has 2 heterocycles. The molecule has 2 aliphatic rings. The number of carbonyl (C=O) groups is 1. The average Bonchev–Trinajstić information content (AvgIpc) is 3.89. The van der Waals surface area contributed by atoms with Crippen LogP contribution in [-0.4, -0.2) is 61.1 Å². The Balaban J connectivity index is 2.05. The van der Waals surface area contributed by atoms with Crippen molar-refractivity contribution in [1.82, 2.24) is 0 Å². The van der Waals surface area contributed by atoms with Crippen LogP contribution in [0.15, 0.2) is 36.5 Å². The van der Waals surface area contributed by atoms with E-state index in [0.717, 1.165) is 112 Å². The summed E-state index contributed by atoms with van der Waals surface area (Å²) < 4.78 is 33.7. The van der Waals surface area contributed by atoms with Crippen molar-refractivity contribution >= 4 is 30.9 Å². The summed E-state index contributed by atoms with van der Waals surface area (Å²) in [7, 11) is -5.69. The number of hydrogen-bond donors (Lipinski definition) is 0. The van der Waals surface area contributed by atoms with Crippen LogP contribution in [-0.2, 0) is 27.5 Å². The minimum absolute atomic E-state index is 0.189. The fraction of sp³-hybridized carbons (Fsp3) is 0.829. The molecule has 0 spiro atoms.